The summed E-state index contributed by atoms with van der Waals surface area (Å²) < 4.78 is 15.5. The fraction of sp³-hybridized carbons (Fsp3) is 0.375. The fourth-order valence-corrected chi connectivity index (χ4v) is 3.75. The number of aliphatic carboxylic acids is 1. The van der Waals surface area contributed by atoms with Crippen molar-refractivity contribution >= 4 is 18.0 Å². The third-order valence-electron chi connectivity index (χ3n) is 5.30. The average molecular weight is 456 g/mol. The molecule has 0 saturated heterocycles. The van der Waals surface area contributed by atoms with Gasteiger partial charge in [-0.2, -0.15) is 0 Å². The summed E-state index contributed by atoms with van der Waals surface area (Å²) in [5, 5.41) is 14.0. The van der Waals surface area contributed by atoms with Gasteiger partial charge in [-0.1, -0.05) is 48.5 Å². The first-order chi connectivity index (χ1) is 16.0. The molecule has 0 heterocycles. The highest BCUT2D eigenvalue weighted by Gasteiger charge is 2.28. The number of ether oxygens (including phenoxy) is 3. The Balaban J connectivity index is 1.33. The molecular formula is C24H28N2O7. The van der Waals surface area contributed by atoms with Crippen LogP contribution in [0.2, 0.25) is 0 Å². The average Bonchev–Trinajstić information content (AvgIpc) is 3.13. The molecule has 176 valence electrons. The summed E-state index contributed by atoms with van der Waals surface area (Å²) in [5.74, 6) is -1.63. The van der Waals surface area contributed by atoms with E-state index in [9.17, 15) is 14.4 Å². The van der Waals surface area contributed by atoms with Crippen LogP contribution in [-0.4, -0.2) is 69.2 Å². The summed E-state index contributed by atoms with van der Waals surface area (Å²) in [5.41, 5.74) is 4.61. The van der Waals surface area contributed by atoms with E-state index in [1.54, 1.807) is 0 Å². The molecule has 0 radical (unpaired) electrons. The van der Waals surface area contributed by atoms with E-state index in [2.05, 4.69) is 34.9 Å². The fourth-order valence-electron chi connectivity index (χ4n) is 3.75. The molecule has 2 amide bonds. The van der Waals surface area contributed by atoms with E-state index >= 15 is 0 Å². The summed E-state index contributed by atoms with van der Waals surface area (Å²) >= 11 is 0. The van der Waals surface area contributed by atoms with Gasteiger partial charge in [0.25, 0.3) is 0 Å². The Hall–Kier alpha value is -3.43. The quantitative estimate of drug-likeness (QED) is 0.418. The van der Waals surface area contributed by atoms with Gasteiger partial charge in [-0.05, 0) is 22.3 Å². The molecule has 0 bridgehead atoms. The van der Waals surface area contributed by atoms with Crippen molar-refractivity contribution in [2.24, 2.45) is 0 Å². The molecule has 9 nitrogen and oxygen atoms in total. The SMILES string of the molecule is COC[C@H](NC(=O)CCOCCNC(=O)OCC1c2ccccc2-c2ccccc21)C(=O)O. The van der Waals surface area contributed by atoms with Crippen molar-refractivity contribution in [3.8, 4) is 11.1 Å². The number of hydrogen-bond donors (Lipinski definition) is 3. The number of amides is 2. The van der Waals surface area contributed by atoms with Gasteiger partial charge in [0.2, 0.25) is 5.91 Å². The lowest BCUT2D eigenvalue weighted by Crippen LogP contribution is -2.44. The van der Waals surface area contributed by atoms with E-state index in [-0.39, 0.29) is 45.3 Å². The zero-order valence-electron chi connectivity index (χ0n) is 18.4. The van der Waals surface area contributed by atoms with Crippen molar-refractivity contribution < 1.29 is 33.7 Å². The van der Waals surface area contributed by atoms with Crippen LogP contribution in [0, 0.1) is 0 Å². The standard InChI is InChI=1S/C24H28N2O7/c1-31-15-21(23(28)29)26-22(27)10-12-32-13-11-25-24(30)33-14-20-18-8-4-2-6-16(18)17-7-3-5-9-19(17)20/h2-9,20-21H,10-15H2,1H3,(H,25,30)(H,26,27)(H,28,29)/t21-/m0/s1. The summed E-state index contributed by atoms with van der Waals surface area (Å²) in [4.78, 5) is 34.8. The van der Waals surface area contributed by atoms with E-state index in [4.69, 9.17) is 19.3 Å². The highest BCUT2D eigenvalue weighted by molar-refractivity contribution is 5.83. The highest BCUT2D eigenvalue weighted by Crippen LogP contribution is 2.44. The van der Waals surface area contributed by atoms with Crippen molar-refractivity contribution in [3.05, 3.63) is 59.7 Å². The number of carbonyl (C=O) groups excluding carboxylic acids is 2. The number of benzene rings is 2. The normalized spacial score (nSPS) is 13.0. The van der Waals surface area contributed by atoms with Crippen LogP contribution in [0.4, 0.5) is 4.79 Å². The monoisotopic (exact) mass is 456 g/mol. The molecular weight excluding hydrogens is 428 g/mol. The summed E-state index contributed by atoms with van der Waals surface area (Å²) in [6.07, 6.45) is -0.541. The van der Waals surface area contributed by atoms with Crippen LogP contribution < -0.4 is 10.6 Å². The number of carboxylic acid groups (broad SMARTS) is 1. The van der Waals surface area contributed by atoms with E-state index in [1.165, 1.54) is 7.11 Å². The zero-order chi connectivity index (χ0) is 23.6. The lowest BCUT2D eigenvalue weighted by atomic mass is 9.98. The molecule has 1 atom stereocenters. The van der Waals surface area contributed by atoms with Crippen LogP contribution in [0.3, 0.4) is 0 Å². The van der Waals surface area contributed by atoms with Crippen molar-refractivity contribution in [2.45, 2.75) is 18.4 Å². The van der Waals surface area contributed by atoms with Gasteiger partial charge in [-0.25, -0.2) is 9.59 Å². The summed E-state index contributed by atoms with van der Waals surface area (Å²) in [6, 6.07) is 15.1. The second-order valence-electron chi connectivity index (χ2n) is 7.53. The molecule has 2 aromatic carbocycles. The Morgan fingerprint density at radius 1 is 1.00 bits per heavy atom. The minimum atomic E-state index is -1.17. The Kier molecular flexibility index (Phi) is 8.79. The van der Waals surface area contributed by atoms with Crippen LogP contribution >= 0.6 is 0 Å². The minimum absolute atomic E-state index is 0.00155. The van der Waals surface area contributed by atoms with Crippen molar-refractivity contribution in [2.75, 3.05) is 40.1 Å². The second kappa shape index (κ2) is 12.0. The first-order valence-electron chi connectivity index (χ1n) is 10.7. The lowest BCUT2D eigenvalue weighted by molar-refractivity contribution is -0.143. The number of methoxy groups -OCH3 is 1. The number of nitrogens with one attached hydrogen (secondary N) is 2. The third-order valence-corrected chi connectivity index (χ3v) is 5.30. The van der Waals surface area contributed by atoms with Gasteiger partial charge in [-0.3, -0.25) is 4.79 Å². The first kappa shape index (κ1) is 24.2. The molecule has 0 aliphatic heterocycles. The van der Waals surface area contributed by atoms with E-state index in [0.29, 0.717) is 0 Å². The van der Waals surface area contributed by atoms with Crippen molar-refractivity contribution in [1.29, 1.82) is 0 Å². The maximum atomic E-state index is 12.1. The maximum absolute atomic E-state index is 12.1. The maximum Gasteiger partial charge on any atom is 0.407 e. The summed E-state index contributed by atoms with van der Waals surface area (Å²) in [7, 11) is 1.36. The zero-order valence-corrected chi connectivity index (χ0v) is 18.4. The molecule has 9 heteroatoms. The van der Waals surface area contributed by atoms with Gasteiger partial charge in [0.15, 0.2) is 6.04 Å². The third kappa shape index (κ3) is 6.53. The molecule has 0 unspecified atom stereocenters. The van der Waals surface area contributed by atoms with Crippen LogP contribution in [0.25, 0.3) is 11.1 Å². The number of fused-ring (bicyclic) bond motifs is 3. The smallest absolute Gasteiger partial charge is 0.407 e. The number of carbonyl (C=O) groups is 3. The molecule has 0 saturated carbocycles. The van der Waals surface area contributed by atoms with Crippen LogP contribution in [0.1, 0.15) is 23.5 Å². The largest absolute Gasteiger partial charge is 0.480 e. The Morgan fingerprint density at radius 2 is 1.64 bits per heavy atom. The Morgan fingerprint density at radius 3 is 2.24 bits per heavy atom. The van der Waals surface area contributed by atoms with Gasteiger partial charge in [0, 0.05) is 26.0 Å². The number of rotatable bonds is 12. The molecule has 3 N–H and O–H groups in total. The molecule has 0 fully saturated rings. The molecule has 33 heavy (non-hydrogen) atoms. The predicted octanol–water partition coefficient (Wildman–Crippen LogP) is 2.15. The second-order valence-corrected chi connectivity index (χ2v) is 7.53. The van der Waals surface area contributed by atoms with E-state index in [0.717, 1.165) is 22.3 Å². The van der Waals surface area contributed by atoms with Crippen LogP contribution in [0.15, 0.2) is 48.5 Å². The molecule has 0 aromatic heterocycles. The number of hydrogen-bond acceptors (Lipinski definition) is 6. The topological polar surface area (TPSA) is 123 Å². The van der Waals surface area contributed by atoms with Crippen LogP contribution in [0.5, 0.6) is 0 Å². The van der Waals surface area contributed by atoms with E-state index < -0.39 is 24.0 Å². The van der Waals surface area contributed by atoms with Crippen LogP contribution in [-0.2, 0) is 23.8 Å². The van der Waals surface area contributed by atoms with Gasteiger partial charge in [0.05, 0.1) is 19.8 Å². The number of alkyl carbamates (subject to hydrolysis) is 1. The Bertz CT molecular complexity index is 933. The van der Waals surface area contributed by atoms with Crippen molar-refractivity contribution in [3.63, 3.8) is 0 Å². The molecule has 2 aromatic rings. The molecule has 1 aliphatic rings. The minimum Gasteiger partial charge on any atom is -0.480 e. The highest BCUT2D eigenvalue weighted by atomic mass is 16.5. The lowest BCUT2D eigenvalue weighted by Gasteiger charge is -2.15. The van der Waals surface area contributed by atoms with Gasteiger partial charge in [-0.15, -0.1) is 0 Å². The molecule has 3 rings (SSSR count). The van der Waals surface area contributed by atoms with Gasteiger partial charge in [0.1, 0.15) is 6.61 Å². The Labute approximate surface area is 192 Å². The predicted molar refractivity (Wildman–Crippen MR) is 120 cm³/mol. The first-order valence-corrected chi connectivity index (χ1v) is 10.7. The van der Waals surface area contributed by atoms with Crippen molar-refractivity contribution in [1.82, 2.24) is 10.6 Å². The number of carboxylic acids is 1. The van der Waals surface area contributed by atoms with E-state index in [1.807, 2.05) is 24.3 Å². The summed E-state index contributed by atoms with van der Waals surface area (Å²) in [6.45, 7) is 0.619. The van der Waals surface area contributed by atoms with Gasteiger partial charge >= 0.3 is 12.1 Å². The molecule has 1 aliphatic carbocycles. The van der Waals surface area contributed by atoms with Gasteiger partial charge < -0.3 is 30.0 Å². The molecule has 0 spiro atoms.